The lowest BCUT2D eigenvalue weighted by atomic mass is 10.1. The van der Waals surface area contributed by atoms with Crippen molar-refractivity contribution in [2.24, 2.45) is 10.9 Å². The first-order chi connectivity index (χ1) is 12.6. The van der Waals surface area contributed by atoms with Crippen LogP contribution in [0.2, 0.25) is 0 Å². The van der Waals surface area contributed by atoms with Crippen molar-refractivity contribution < 1.29 is 4.74 Å². The zero-order valence-electron chi connectivity index (χ0n) is 17.1. The molecule has 0 amide bonds. The SMILES string of the molecule is CCNC(=NCC(C)CN1CCOCC1)N(C)Cc1ccc(SC)cc1.I. The predicted molar refractivity (Wildman–Crippen MR) is 128 cm³/mol. The summed E-state index contributed by atoms with van der Waals surface area (Å²) in [6, 6.07) is 8.77. The van der Waals surface area contributed by atoms with Gasteiger partial charge in [-0.05, 0) is 36.8 Å². The Morgan fingerprint density at radius 2 is 1.96 bits per heavy atom. The predicted octanol–water partition coefficient (Wildman–Crippen LogP) is 3.39. The van der Waals surface area contributed by atoms with E-state index in [9.17, 15) is 0 Å². The molecular formula is C20H35IN4OS. The van der Waals surface area contributed by atoms with E-state index in [1.54, 1.807) is 11.8 Å². The summed E-state index contributed by atoms with van der Waals surface area (Å²) in [7, 11) is 2.11. The zero-order valence-corrected chi connectivity index (χ0v) is 20.3. The number of ether oxygens (including phenoxy) is 1. The average Bonchev–Trinajstić information content (AvgIpc) is 2.66. The first kappa shape index (κ1) is 24.5. The second kappa shape index (κ2) is 13.6. The highest BCUT2D eigenvalue weighted by atomic mass is 127. The summed E-state index contributed by atoms with van der Waals surface area (Å²) in [5.41, 5.74) is 1.30. The number of halogens is 1. The van der Waals surface area contributed by atoms with Crippen LogP contribution in [0.3, 0.4) is 0 Å². The van der Waals surface area contributed by atoms with Gasteiger partial charge in [0, 0.05) is 51.2 Å². The van der Waals surface area contributed by atoms with Gasteiger partial charge in [-0.2, -0.15) is 0 Å². The van der Waals surface area contributed by atoms with Crippen LogP contribution in [-0.2, 0) is 11.3 Å². The Hall–Kier alpha value is -0.510. The number of benzene rings is 1. The molecule has 7 heteroatoms. The lowest BCUT2D eigenvalue weighted by molar-refractivity contribution is 0.0323. The summed E-state index contributed by atoms with van der Waals surface area (Å²) in [4.78, 5) is 10.9. The third-order valence-corrected chi connectivity index (χ3v) is 5.25. The van der Waals surface area contributed by atoms with Crippen molar-refractivity contribution in [1.82, 2.24) is 15.1 Å². The first-order valence-electron chi connectivity index (χ1n) is 9.54. The highest BCUT2D eigenvalue weighted by Crippen LogP contribution is 2.15. The fourth-order valence-electron chi connectivity index (χ4n) is 3.07. The van der Waals surface area contributed by atoms with Gasteiger partial charge < -0.3 is 15.0 Å². The van der Waals surface area contributed by atoms with Crippen LogP contribution in [-0.4, -0.2) is 75.0 Å². The molecule has 1 N–H and O–H groups in total. The summed E-state index contributed by atoms with van der Waals surface area (Å²) >= 11 is 1.77. The summed E-state index contributed by atoms with van der Waals surface area (Å²) in [5, 5.41) is 3.42. The number of hydrogen-bond donors (Lipinski definition) is 1. The van der Waals surface area contributed by atoms with Crippen molar-refractivity contribution in [1.29, 1.82) is 0 Å². The van der Waals surface area contributed by atoms with E-state index in [4.69, 9.17) is 9.73 Å². The molecule has 0 radical (unpaired) electrons. The van der Waals surface area contributed by atoms with E-state index in [-0.39, 0.29) is 24.0 Å². The van der Waals surface area contributed by atoms with Crippen LogP contribution in [0.15, 0.2) is 34.2 Å². The van der Waals surface area contributed by atoms with Gasteiger partial charge in [0.2, 0.25) is 0 Å². The van der Waals surface area contributed by atoms with E-state index in [0.29, 0.717) is 5.92 Å². The van der Waals surface area contributed by atoms with Crippen molar-refractivity contribution in [2.45, 2.75) is 25.3 Å². The maximum atomic E-state index is 5.43. The maximum absolute atomic E-state index is 5.43. The summed E-state index contributed by atoms with van der Waals surface area (Å²) in [6.45, 7) is 11.9. The van der Waals surface area contributed by atoms with Gasteiger partial charge in [0.15, 0.2) is 5.96 Å². The number of morpholine rings is 1. The average molecular weight is 506 g/mol. The number of aliphatic imine (C=N–C) groups is 1. The molecule has 1 aliphatic heterocycles. The monoisotopic (exact) mass is 506 g/mol. The van der Waals surface area contributed by atoms with Gasteiger partial charge in [0.05, 0.1) is 13.2 Å². The van der Waals surface area contributed by atoms with Crippen LogP contribution in [0.25, 0.3) is 0 Å². The van der Waals surface area contributed by atoms with Gasteiger partial charge in [0.25, 0.3) is 0 Å². The smallest absolute Gasteiger partial charge is 0.193 e. The molecule has 154 valence electrons. The number of guanidine groups is 1. The molecule has 1 fully saturated rings. The second-order valence-corrected chi connectivity index (χ2v) is 7.80. The molecule has 1 atom stereocenters. The number of thioether (sulfide) groups is 1. The zero-order chi connectivity index (χ0) is 18.8. The molecule has 1 unspecified atom stereocenters. The number of nitrogens with zero attached hydrogens (tertiary/aromatic N) is 3. The standard InChI is InChI=1S/C20H34N4OS.HI/c1-5-21-20(22-14-17(2)15-24-10-12-25-13-11-24)23(3)16-18-6-8-19(26-4)9-7-18;/h6-9,17H,5,10-16H2,1-4H3,(H,21,22);1H. The Bertz CT molecular complexity index is 549. The Morgan fingerprint density at radius 3 is 2.56 bits per heavy atom. The van der Waals surface area contributed by atoms with Crippen molar-refractivity contribution in [3.8, 4) is 0 Å². The maximum Gasteiger partial charge on any atom is 0.193 e. The minimum atomic E-state index is 0. The lowest BCUT2D eigenvalue weighted by Crippen LogP contribution is -2.40. The molecule has 0 bridgehead atoms. The van der Waals surface area contributed by atoms with Gasteiger partial charge >= 0.3 is 0 Å². The van der Waals surface area contributed by atoms with Crippen LogP contribution < -0.4 is 5.32 Å². The van der Waals surface area contributed by atoms with E-state index in [1.807, 2.05) is 0 Å². The van der Waals surface area contributed by atoms with Crippen LogP contribution >= 0.6 is 35.7 Å². The molecule has 0 spiro atoms. The molecule has 1 aromatic carbocycles. The highest BCUT2D eigenvalue weighted by Gasteiger charge is 2.14. The third kappa shape index (κ3) is 9.02. The van der Waals surface area contributed by atoms with Crippen molar-refractivity contribution in [3.05, 3.63) is 29.8 Å². The van der Waals surface area contributed by atoms with Crippen LogP contribution in [0.1, 0.15) is 19.4 Å². The van der Waals surface area contributed by atoms with Crippen LogP contribution in [0, 0.1) is 5.92 Å². The Balaban J connectivity index is 0.00000364. The van der Waals surface area contributed by atoms with Gasteiger partial charge in [-0.25, -0.2) is 0 Å². The Labute approximate surface area is 186 Å². The molecule has 27 heavy (non-hydrogen) atoms. The molecule has 0 saturated carbocycles. The minimum Gasteiger partial charge on any atom is -0.379 e. The molecule has 5 nitrogen and oxygen atoms in total. The fraction of sp³-hybridized carbons (Fsp3) is 0.650. The lowest BCUT2D eigenvalue weighted by Gasteiger charge is -2.29. The van der Waals surface area contributed by atoms with E-state index in [2.05, 4.69) is 66.5 Å². The largest absolute Gasteiger partial charge is 0.379 e. The topological polar surface area (TPSA) is 40.1 Å². The van der Waals surface area contributed by atoms with Gasteiger partial charge in [0.1, 0.15) is 0 Å². The molecule has 0 aliphatic carbocycles. The van der Waals surface area contributed by atoms with E-state index >= 15 is 0 Å². The number of hydrogen-bond acceptors (Lipinski definition) is 4. The second-order valence-electron chi connectivity index (χ2n) is 6.92. The van der Waals surface area contributed by atoms with Crippen LogP contribution in [0.5, 0.6) is 0 Å². The number of nitrogens with one attached hydrogen (secondary N) is 1. The molecular weight excluding hydrogens is 471 g/mol. The highest BCUT2D eigenvalue weighted by molar-refractivity contribution is 14.0. The summed E-state index contributed by atoms with van der Waals surface area (Å²) in [5.74, 6) is 1.52. The van der Waals surface area contributed by atoms with Crippen LogP contribution in [0.4, 0.5) is 0 Å². The summed E-state index contributed by atoms with van der Waals surface area (Å²) in [6.07, 6.45) is 2.11. The molecule has 1 heterocycles. The molecule has 1 aromatic rings. The molecule has 1 aliphatic rings. The summed E-state index contributed by atoms with van der Waals surface area (Å²) < 4.78 is 5.43. The molecule has 0 aromatic heterocycles. The Morgan fingerprint density at radius 1 is 1.30 bits per heavy atom. The van der Waals surface area contributed by atoms with Gasteiger partial charge in [-0.1, -0.05) is 19.1 Å². The molecule has 2 rings (SSSR count). The van der Waals surface area contributed by atoms with Gasteiger partial charge in [-0.15, -0.1) is 35.7 Å². The Kier molecular flexibility index (Phi) is 12.4. The van der Waals surface area contributed by atoms with E-state index in [0.717, 1.165) is 58.4 Å². The third-order valence-electron chi connectivity index (χ3n) is 4.50. The van der Waals surface area contributed by atoms with E-state index in [1.165, 1.54) is 10.5 Å². The van der Waals surface area contributed by atoms with Gasteiger partial charge in [-0.3, -0.25) is 9.89 Å². The first-order valence-corrected chi connectivity index (χ1v) is 10.8. The fourth-order valence-corrected chi connectivity index (χ4v) is 3.48. The van der Waals surface area contributed by atoms with Crippen molar-refractivity contribution in [3.63, 3.8) is 0 Å². The normalized spacial score (nSPS) is 16.5. The van der Waals surface area contributed by atoms with E-state index < -0.39 is 0 Å². The van der Waals surface area contributed by atoms with Crippen molar-refractivity contribution in [2.75, 3.05) is 59.2 Å². The quantitative estimate of drug-likeness (QED) is 0.253. The molecule has 1 saturated heterocycles. The minimum absolute atomic E-state index is 0. The number of rotatable bonds is 8. The van der Waals surface area contributed by atoms with Crippen molar-refractivity contribution >= 4 is 41.7 Å².